The molecule has 2 aliphatic rings. The lowest BCUT2D eigenvalue weighted by molar-refractivity contribution is 0.0351. The molecule has 4 rings (SSSR count). The lowest BCUT2D eigenvalue weighted by atomic mass is 9.99. The molecule has 1 saturated carbocycles. The Kier molecular flexibility index (Phi) is 7.90. The molecule has 2 N–H and O–H groups in total. The SMILES string of the molecule is C[C@@H]1CN([C@@H](C)CO)C(=O)c2cc(-c3ccccc3)cnc2O[C@H]1CN(C)C(=O)NC1CCCC1. The van der Waals surface area contributed by atoms with Crippen LogP contribution in [0.1, 0.15) is 49.9 Å². The minimum Gasteiger partial charge on any atom is -0.472 e. The minimum absolute atomic E-state index is 0.0848. The number of nitrogens with one attached hydrogen (secondary N) is 1. The van der Waals surface area contributed by atoms with Crippen LogP contribution in [-0.2, 0) is 0 Å². The van der Waals surface area contributed by atoms with Crippen molar-refractivity contribution in [1.29, 1.82) is 0 Å². The van der Waals surface area contributed by atoms with Gasteiger partial charge in [-0.1, -0.05) is 50.1 Å². The van der Waals surface area contributed by atoms with E-state index in [1.807, 2.05) is 44.2 Å². The number of carbonyl (C=O) groups is 2. The van der Waals surface area contributed by atoms with Crippen LogP contribution in [-0.4, -0.2) is 76.8 Å². The van der Waals surface area contributed by atoms with Gasteiger partial charge in [-0.2, -0.15) is 0 Å². The molecule has 1 fully saturated rings. The van der Waals surface area contributed by atoms with E-state index < -0.39 is 0 Å². The Balaban J connectivity index is 1.61. The highest BCUT2D eigenvalue weighted by molar-refractivity contribution is 5.98. The second kappa shape index (κ2) is 11.1. The van der Waals surface area contributed by atoms with Crippen molar-refractivity contribution in [1.82, 2.24) is 20.1 Å². The smallest absolute Gasteiger partial charge is 0.317 e. The summed E-state index contributed by atoms with van der Waals surface area (Å²) < 4.78 is 6.32. The fourth-order valence-electron chi connectivity index (χ4n) is 4.82. The number of aliphatic hydroxyl groups is 1. The molecule has 188 valence electrons. The highest BCUT2D eigenvalue weighted by Crippen LogP contribution is 2.30. The number of hydrogen-bond acceptors (Lipinski definition) is 5. The number of ether oxygens (including phenoxy) is 1. The molecular formula is C27H36N4O4. The number of aromatic nitrogens is 1. The van der Waals surface area contributed by atoms with Crippen LogP contribution in [0.15, 0.2) is 42.6 Å². The van der Waals surface area contributed by atoms with E-state index in [1.165, 1.54) is 0 Å². The van der Waals surface area contributed by atoms with E-state index in [1.54, 1.807) is 29.1 Å². The molecule has 2 heterocycles. The average molecular weight is 481 g/mol. The van der Waals surface area contributed by atoms with Crippen molar-refractivity contribution in [3.63, 3.8) is 0 Å². The van der Waals surface area contributed by atoms with Gasteiger partial charge in [0.15, 0.2) is 0 Å². The third kappa shape index (κ3) is 5.75. The fraction of sp³-hybridized carbons (Fsp3) is 0.519. The maximum atomic E-state index is 13.6. The lowest BCUT2D eigenvalue weighted by Crippen LogP contribution is -2.52. The lowest BCUT2D eigenvalue weighted by Gasteiger charge is -2.37. The highest BCUT2D eigenvalue weighted by Gasteiger charge is 2.35. The Morgan fingerprint density at radius 2 is 1.97 bits per heavy atom. The summed E-state index contributed by atoms with van der Waals surface area (Å²) in [4.78, 5) is 34.2. The number of aliphatic hydroxyl groups excluding tert-OH is 1. The number of urea groups is 1. The zero-order valence-corrected chi connectivity index (χ0v) is 20.8. The zero-order chi connectivity index (χ0) is 24.9. The highest BCUT2D eigenvalue weighted by atomic mass is 16.5. The van der Waals surface area contributed by atoms with Crippen molar-refractivity contribution in [2.75, 3.05) is 26.7 Å². The Bertz CT molecular complexity index is 1030. The monoisotopic (exact) mass is 480 g/mol. The van der Waals surface area contributed by atoms with Gasteiger partial charge in [0, 0.05) is 37.3 Å². The van der Waals surface area contributed by atoms with E-state index >= 15 is 0 Å². The predicted octanol–water partition coefficient (Wildman–Crippen LogP) is 3.55. The molecule has 0 bridgehead atoms. The quantitative estimate of drug-likeness (QED) is 0.659. The molecule has 1 aromatic carbocycles. The molecule has 0 unspecified atom stereocenters. The van der Waals surface area contributed by atoms with Gasteiger partial charge in [-0.3, -0.25) is 4.79 Å². The van der Waals surface area contributed by atoms with Crippen molar-refractivity contribution in [3.8, 4) is 17.0 Å². The summed E-state index contributed by atoms with van der Waals surface area (Å²) in [5.74, 6) is -0.0473. The van der Waals surface area contributed by atoms with E-state index in [0.29, 0.717) is 18.7 Å². The predicted molar refractivity (Wildman–Crippen MR) is 134 cm³/mol. The zero-order valence-electron chi connectivity index (χ0n) is 20.8. The van der Waals surface area contributed by atoms with Crippen LogP contribution in [0.2, 0.25) is 0 Å². The van der Waals surface area contributed by atoms with Crippen LogP contribution in [0.4, 0.5) is 4.79 Å². The van der Waals surface area contributed by atoms with Gasteiger partial charge < -0.3 is 25.0 Å². The van der Waals surface area contributed by atoms with Gasteiger partial charge in [0.05, 0.1) is 19.2 Å². The summed E-state index contributed by atoms with van der Waals surface area (Å²) in [7, 11) is 1.77. The topological polar surface area (TPSA) is 95.0 Å². The molecular weight excluding hydrogens is 444 g/mol. The number of carbonyl (C=O) groups excluding carboxylic acids is 2. The average Bonchev–Trinajstić information content (AvgIpc) is 3.39. The number of benzene rings is 1. The number of amides is 3. The van der Waals surface area contributed by atoms with Crippen LogP contribution in [0.5, 0.6) is 5.88 Å². The van der Waals surface area contributed by atoms with Gasteiger partial charge in [-0.05, 0) is 31.4 Å². The first-order chi connectivity index (χ1) is 16.9. The summed E-state index contributed by atoms with van der Waals surface area (Å²) in [5, 5.41) is 13.0. The van der Waals surface area contributed by atoms with Crippen LogP contribution in [0.3, 0.4) is 0 Å². The van der Waals surface area contributed by atoms with Crippen LogP contribution in [0, 0.1) is 5.92 Å². The number of rotatable bonds is 6. The number of fused-ring (bicyclic) bond motifs is 1. The maximum Gasteiger partial charge on any atom is 0.317 e. The molecule has 0 spiro atoms. The molecule has 8 heteroatoms. The summed E-state index contributed by atoms with van der Waals surface area (Å²) in [6.07, 6.45) is 5.68. The van der Waals surface area contributed by atoms with Crippen molar-refractivity contribution < 1.29 is 19.4 Å². The maximum absolute atomic E-state index is 13.6. The van der Waals surface area contributed by atoms with Gasteiger partial charge in [0.25, 0.3) is 5.91 Å². The Morgan fingerprint density at radius 3 is 2.66 bits per heavy atom. The number of pyridine rings is 1. The Morgan fingerprint density at radius 1 is 1.26 bits per heavy atom. The van der Waals surface area contributed by atoms with Gasteiger partial charge in [-0.15, -0.1) is 0 Å². The van der Waals surface area contributed by atoms with Gasteiger partial charge in [-0.25, -0.2) is 9.78 Å². The molecule has 0 saturated heterocycles. The Labute approximate surface area is 207 Å². The molecule has 2 aromatic rings. The number of likely N-dealkylation sites (N-methyl/N-ethyl adjacent to an activating group) is 1. The van der Waals surface area contributed by atoms with E-state index in [9.17, 15) is 14.7 Å². The van der Waals surface area contributed by atoms with Crippen LogP contribution in [0.25, 0.3) is 11.1 Å². The van der Waals surface area contributed by atoms with Gasteiger partial charge >= 0.3 is 6.03 Å². The van der Waals surface area contributed by atoms with Crippen molar-refractivity contribution in [2.45, 2.75) is 57.7 Å². The molecule has 3 amide bonds. The molecule has 1 aliphatic carbocycles. The van der Waals surface area contributed by atoms with Crippen LogP contribution < -0.4 is 10.1 Å². The normalized spacial score (nSPS) is 21.5. The van der Waals surface area contributed by atoms with Crippen molar-refractivity contribution in [2.24, 2.45) is 5.92 Å². The van der Waals surface area contributed by atoms with Crippen molar-refractivity contribution in [3.05, 3.63) is 48.2 Å². The number of hydrogen-bond donors (Lipinski definition) is 2. The molecule has 3 atom stereocenters. The molecule has 1 aromatic heterocycles. The summed E-state index contributed by atoms with van der Waals surface area (Å²) in [6.45, 7) is 4.45. The fourth-order valence-corrected chi connectivity index (χ4v) is 4.82. The summed E-state index contributed by atoms with van der Waals surface area (Å²) in [6, 6.07) is 11.3. The van der Waals surface area contributed by atoms with Gasteiger partial charge in [0.2, 0.25) is 5.88 Å². The minimum atomic E-state index is -0.371. The van der Waals surface area contributed by atoms with E-state index in [4.69, 9.17) is 4.74 Å². The van der Waals surface area contributed by atoms with E-state index in [-0.39, 0.29) is 48.5 Å². The first kappa shape index (κ1) is 25.0. The Hall–Kier alpha value is -3.13. The molecule has 0 radical (unpaired) electrons. The third-order valence-corrected chi connectivity index (χ3v) is 7.11. The standard InChI is InChI=1S/C27H36N4O4/c1-18-15-31(19(2)17-32)26(33)23-13-21(20-9-5-4-6-10-20)14-28-25(23)35-24(18)16-30(3)27(34)29-22-11-7-8-12-22/h4-6,9-10,13-14,18-19,22,24,32H,7-8,11-12,15-17H2,1-3H3,(H,29,34)/t18-,19+,24+/m1/s1. The third-order valence-electron chi connectivity index (χ3n) is 7.11. The van der Waals surface area contributed by atoms with E-state index in [2.05, 4.69) is 10.3 Å². The number of nitrogens with zero attached hydrogens (tertiary/aromatic N) is 3. The van der Waals surface area contributed by atoms with E-state index in [0.717, 1.165) is 36.8 Å². The summed E-state index contributed by atoms with van der Waals surface area (Å²) >= 11 is 0. The molecule has 1 aliphatic heterocycles. The van der Waals surface area contributed by atoms with Crippen molar-refractivity contribution >= 4 is 11.9 Å². The second-order valence-corrected chi connectivity index (χ2v) is 9.88. The first-order valence-electron chi connectivity index (χ1n) is 12.5. The largest absolute Gasteiger partial charge is 0.472 e. The molecule has 35 heavy (non-hydrogen) atoms. The first-order valence-corrected chi connectivity index (χ1v) is 12.5. The second-order valence-electron chi connectivity index (χ2n) is 9.88. The van der Waals surface area contributed by atoms with Crippen LogP contribution >= 0.6 is 0 Å². The van der Waals surface area contributed by atoms with Gasteiger partial charge in [0.1, 0.15) is 11.7 Å². The summed E-state index contributed by atoms with van der Waals surface area (Å²) in [5.41, 5.74) is 2.13. The molecule has 8 nitrogen and oxygen atoms in total.